The summed E-state index contributed by atoms with van der Waals surface area (Å²) in [6.45, 7) is 0.366. The van der Waals surface area contributed by atoms with Crippen LogP contribution in [0.15, 0.2) is 66.7 Å². The van der Waals surface area contributed by atoms with E-state index in [0.29, 0.717) is 35.6 Å². The lowest BCUT2D eigenvalue weighted by Crippen LogP contribution is -2.33. The molecule has 0 saturated carbocycles. The second-order valence-electron chi connectivity index (χ2n) is 7.20. The number of hydrogen-bond donors (Lipinski definition) is 1. The first kappa shape index (κ1) is 21.1. The number of amides is 3. The lowest BCUT2D eigenvalue weighted by Gasteiger charge is -2.18. The Morgan fingerprint density at radius 1 is 0.844 bits per heavy atom. The van der Waals surface area contributed by atoms with Crippen molar-refractivity contribution in [3.05, 3.63) is 89.0 Å². The summed E-state index contributed by atoms with van der Waals surface area (Å²) in [5.41, 5.74) is 2.16. The van der Waals surface area contributed by atoms with Gasteiger partial charge in [0, 0.05) is 6.54 Å². The number of carbonyl (C=O) groups is 3. The fourth-order valence-electron chi connectivity index (χ4n) is 3.72. The Morgan fingerprint density at radius 2 is 1.47 bits per heavy atom. The molecule has 0 spiro atoms. The van der Waals surface area contributed by atoms with Gasteiger partial charge < -0.3 is 14.8 Å². The largest absolute Gasteiger partial charge is 0.493 e. The minimum Gasteiger partial charge on any atom is -0.493 e. The number of hydrogen-bond acceptors (Lipinski definition) is 5. The second kappa shape index (κ2) is 8.93. The average molecular weight is 430 g/mol. The van der Waals surface area contributed by atoms with E-state index in [-0.39, 0.29) is 17.2 Å². The maximum Gasteiger partial charge on any atom is 0.266 e. The number of nitrogens with zero attached hydrogens (tertiary/aromatic N) is 1. The molecule has 1 heterocycles. The van der Waals surface area contributed by atoms with Crippen LogP contribution in [0.25, 0.3) is 0 Å². The predicted octanol–water partition coefficient (Wildman–Crippen LogP) is 3.48. The van der Waals surface area contributed by atoms with Crippen molar-refractivity contribution in [2.45, 2.75) is 6.42 Å². The number of imide groups is 1. The van der Waals surface area contributed by atoms with E-state index in [1.54, 1.807) is 62.8 Å². The highest BCUT2D eigenvalue weighted by Crippen LogP contribution is 2.31. The third-order valence-electron chi connectivity index (χ3n) is 5.33. The molecule has 3 aromatic rings. The van der Waals surface area contributed by atoms with Crippen LogP contribution in [0.2, 0.25) is 0 Å². The zero-order valence-corrected chi connectivity index (χ0v) is 17.8. The van der Waals surface area contributed by atoms with Gasteiger partial charge in [-0.1, -0.05) is 30.3 Å². The van der Waals surface area contributed by atoms with Crippen molar-refractivity contribution < 1.29 is 23.9 Å². The van der Waals surface area contributed by atoms with Crippen LogP contribution in [-0.4, -0.2) is 38.5 Å². The van der Waals surface area contributed by atoms with Gasteiger partial charge in [-0.15, -0.1) is 0 Å². The number of methoxy groups -OCH3 is 2. The molecule has 0 aliphatic carbocycles. The maximum atomic E-state index is 12.9. The highest BCUT2D eigenvalue weighted by molar-refractivity contribution is 6.35. The molecule has 0 fully saturated rings. The molecule has 0 radical (unpaired) electrons. The van der Waals surface area contributed by atoms with Crippen molar-refractivity contribution in [2.24, 2.45) is 0 Å². The maximum absolute atomic E-state index is 12.9. The minimum absolute atomic E-state index is 0.259. The number of fused-ring (bicyclic) bond motifs is 1. The lowest BCUT2D eigenvalue weighted by molar-refractivity contribution is 0.0926. The molecule has 3 aromatic carbocycles. The van der Waals surface area contributed by atoms with Crippen molar-refractivity contribution in [3.8, 4) is 11.5 Å². The van der Waals surface area contributed by atoms with E-state index >= 15 is 0 Å². The van der Waals surface area contributed by atoms with Crippen molar-refractivity contribution in [1.82, 2.24) is 5.32 Å². The molecule has 7 heteroatoms. The van der Waals surface area contributed by atoms with Gasteiger partial charge in [0.25, 0.3) is 17.7 Å². The fourth-order valence-corrected chi connectivity index (χ4v) is 3.72. The molecule has 4 rings (SSSR count). The fraction of sp³-hybridized carbons (Fsp3) is 0.160. The van der Waals surface area contributed by atoms with Gasteiger partial charge in [0.15, 0.2) is 11.5 Å². The first-order valence-corrected chi connectivity index (χ1v) is 10.1. The third kappa shape index (κ3) is 3.80. The van der Waals surface area contributed by atoms with Crippen LogP contribution in [0.4, 0.5) is 5.69 Å². The third-order valence-corrected chi connectivity index (χ3v) is 5.33. The smallest absolute Gasteiger partial charge is 0.266 e. The Kier molecular flexibility index (Phi) is 5.89. The Morgan fingerprint density at radius 3 is 2.12 bits per heavy atom. The molecular formula is C25H22N2O5. The van der Waals surface area contributed by atoms with Gasteiger partial charge in [-0.05, 0) is 48.4 Å². The van der Waals surface area contributed by atoms with E-state index < -0.39 is 11.8 Å². The highest BCUT2D eigenvalue weighted by Gasteiger charge is 2.37. The van der Waals surface area contributed by atoms with Crippen molar-refractivity contribution in [2.75, 3.05) is 25.7 Å². The Balaban J connectivity index is 1.49. The van der Waals surface area contributed by atoms with Crippen LogP contribution in [0.3, 0.4) is 0 Å². The molecule has 0 atom stereocenters. The van der Waals surface area contributed by atoms with E-state index in [1.807, 2.05) is 18.2 Å². The molecule has 162 valence electrons. The van der Waals surface area contributed by atoms with Gasteiger partial charge in [0.2, 0.25) is 0 Å². The zero-order chi connectivity index (χ0) is 22.7. The van der Waals surface area contributed by atoms with Gasteiger partial charge in [-0.25, -0.2) is 4.90 Å². The van der Waals surface area contributed by atoms with Crippen LogP contribution >= 0.6 is 0 Å². The van der Waals surface area contributed by atoms with Crippen molar-refractivity contribution >= 4 is 23.4 Å². The van der Waals surface area contributed by atoms with Gasteiger partial charge in [-0.2, -0.15) is 0 Å². The van der Waals surface area contributed by atoms with Gasteiger partial charge in [-0.3, -0.25) is 14.4 Å². The van der Waals surface area contributed by atoms with Gasteiger partial charge in [0.1, 0.15) is 0 Å². The first-order valence-electron chi connectivity index (χ1n) is 10.1. The number of nitrogens with one attached hydrogen (secondary N) is 1. The van der Waals surface area contributed by atoms with Gasteiger partial charge >= 0.3 is 0 Å². The van der Waals surface area contributed by atoms with Gasteiger partial charge in [0.05, 0.1) is 36.6 Å². The van der Waals surface area contributed by atoms with E-state index in [4.69, 9.17) is 9.47 Å². The zero-order valence-electron chi connectivity index (χ0n) is 17.8. The van der Waals surface area contributed by atoms with E-state index in [0.717, 1.165) is 10.5 Å². The van der Waals surface area contributed by atoms with E-state index in [9.17, 15) is 14.4 Å². The molecule has 32 heavy (non-hydrogen) atoms. The molecule has 7 nitrogen and oxygen atoms in total. The summed E-state index contributed by atoms with van der Waals surface area (Å²) in [4.78, 5) is 39.7. The molecule has 1 aliphatic heterocycles. The summed E-state index contributed by atoms with van der Waals surface area (Å²) in [5.74, 6) is 0.0208. The molecule has 0 unspecified atom stereocenters. The average Bonchev–Trinajstić information content (AvgIpc) is 3.08. The molecule has 0 aromatic heterocycles. The van der Waals surface area contributed by atoms with Crippen molar-refractivity contribution in [3.63, 3.8) is 0 Å². The molecule has 3 amide bonds. The number of para-hydroxylation sites is 1. The number of ether oxygens (including phenoxy) is 2. The molecule has 0 bridgehead atoms. The Labute approximate surface area is 185 Å². The molecule has 1 aliphatic rings. The Hall–Kier alpha value is -4.13. The van der Waals surface area contributed by atoms with E-state index in [1.165, 1.54) is 0 Å². The monoisotopic (exact) mass is 430 g/mol. The number of carbonyl (C=O) groups excluding carboxylic acids is 3. The van der Waals surface area contributed by atoms with Crippen LogP contribution in [0.1, 0.15) is 36.6 Å². The summed E-state index contributed by atoms with van der Waals surface area (Å²) in [5, 5.41) is 2.87. The van der Waals surface area contributed by atoms with E-state index in [2.05, 4.69) is 5.32 Å². The van der Waals surface area contributed by atoms with Crippen LogP contribution in [-0.2, 0) is 6.42 Å². The SMILES string of the molecule is COc1ccc(CCNC(=O)c2ccccc2N2C(=O)c3ccccc3C2=O)cc1OC. The van der Waals surface area contributed by atoms with Crippen LogP contribution in [0, 0.1) is 0 Å². The normalized spacial score (nSPS) is 12.5. The number of rotatable bonds is 7. The quantitative estimate of drug-likeness (QED) is 0.580. The summed E-state index contributed by atoms with van der Waals surface area (Å²) in [6.07, 6.45) is 0.571. The number of anilines is 1. The summed E-state index contributed by atoms with van der Waals surface area (Å²) in [7, 11) is 3.14. The standard InChI is InChI=1S/C25H22N2O5/c1-31-21-12-11-16(15-22(21)32-2)13-14-26-23(28)19-9-5-6-10-20(19)27-24(29)17-7-3-4-8-18(17)25(27)30/h3-12,15H,13-14H2,1-2H3,(H,26,28). The predicted molar refractivity (Wildman–Crippen MR) is 120 cm³/mol. The molecule has 0 saturated heterocycles. The second-order valence-corrected chi connectivity index (χ2v) is 7.20. The molecular weight excluding hydrogens is 408 g/mol. The molecule has 1 N–H and O–H groups in total. The lowest BCUT2D eigenvalue weighted by atomic mass is 10.1. The summed E-state index contributed by atoms with van der Waals surface area (Å²) < 4.78 is 10.6. The van der Waals surface area contributed by atoms with Crippen molar-refractivity contribution in [1.29, 1.82) is 0 Å². The Bertz CT molecular complexity index is 1170. The number of benzene rings is 3. The topological polar surface area (TPSA) is 84.9 Å². The van der Waals surface area contributed by atoms with Crippen LogP contribution < -0.4 is 19.7 Å². The van der Waals surface area contributed by atoms with Crippen LogP contribution in [0.5, 0.6) is 11.5 Å². The highest BCUT2D eigenvalue weighted by atomic mass is 16.5. The first-order chi connectivity index (χ1) is 15.5. The minimum atomic E-state index is -0.434. The summed E-state index contributed by atoms with van der Waals surface area (Å²) >= 11 is 0. The summed E-state index contributed by atoms with van der Waals surface area (Å²) in [6, 6.07) is 18.8.